The summed E-state index contributed by atoms with van der Waals surface area (Å²) >= 11 is 10.7. The summed E-state index contributed by atoms with van der Waals surface area (Å²) in [5, 5.41) is 14.9. The molecule has 8 heteroatoms. The van der Waals surface area contributed by atoms with Gasteiger partial charge in [-0.25, -0.2) is 0 Å². The van der Waals surface area contributed by atoms with E-state index in [4.69, 9.17) is 23.8 Å². The number of phenolic OH excluding ortho intramolecular Hbond substituents is 1. The number of phenols is 1. The number of aromatic hydroxyl groups is 1. The second-order valence-electron chi connectivity index (χ2n) is 4.28. The molecule has 0 saturated carbocycles. The molecule has 2 aromatic carbocycles. The van der Waals surface area contributed by atoms with Crippen LogP contribution in [0, 0.1) is 0 Å². The van der Waals surface area contributed by atoms with Gasteiger partial charge in [-0.3, -0.25) is 0 Å². The summed E-state index contributed by atoms with van der Waals surface area (Å²) in [5.74, 6) is -0.127. The maximum atomic E-state index is 12.9. The molecule has 0 saturated heterocycles. The standard InChI is InChI=1S/C14H10ClF3N2OS/c15-8-5-6-12(21)11(7-8)20-13(22)19-10-4-2-1-3-9(10)14(16,17)18/h1-7,21H,(H2,19,20,22). The predicted octanol–water partition coefficient (Wildman–Crippen LogP) is 4.87. The van der Waals surface area contributed by atoms with Gasteiger partial charge in [0.05, 0.1) is 16.9 Å². The molecule has 0 aromatic heterocycles. The minimum atomic E-state index is -4.50. The summed E-state index contributed by atoms with van der Waals surface area (Å²) in [4.78, 5) is 0. The Morgan fingerprint density at radius 2 is 1.68 bits per heavy atom. The number of hydrogen-bond acceptors (Lipinski definition) is 2. The fourth-order valence-electron chi connectivity index (χ4n) is 1.72. The zero-order valence-corrected chi connectivity index (χ0v) is 12.5. The van der Waals surface area contributed by atoms with E-state index in [2.05, 4.69) is 10.6 Å². The van der Waals surface area contributed by atoms with Crippen molar-refractivity contribution in [3.63, 3.8) is 0 Å². The minimum absolute atomic E-state index is 0.103. The Morgan fingerprint density at radius 1 is 1.05 bits per heavy atom. The van der Waals surface area contributed by atoms with Crippen LogP contribution >= 0.6 is 23.8 Å². The number of nitrogens with one attached hydrogen (secondary N) is 2. The summed E-state index contributed by atoms with van der Waals surface area (Å²) < 4.78 is 38.6. The summed E-state index contributed by atoms with van der Waals surface area (Å²) in [6.07, 6.45) is -4.50. The number of hydrogen-bond donors (Lipinski definition) is 3. The molecule has 0 aliphatic carbocycles. The quantitative estimate of drug-likeness (QED) is 0.536. The van der Waals surface area contributed by atoms with Gasteiger partial charge in [0.1, 0.15) is 5.75 Å². The van der Waals surface area contributed by atoms with Crippen molar-refractivity contribution in [2.24, 2.45) is 0 Å². The van der Waals surface area contributed by atoms with Crippen molar-refractivity contribution in [3.8, 4) is 5.75 Å². The lowest BCUT2D eigenvalue weighted by atomic mass is 10.1. The number of anilines is 2. The Labute approximate surface area is 134 Å². The van der Waals surface area contributed by atoms with E-state index < -0.39 is 11.7 Å². The van der Waals surface area contributed by atoms with Gasteiger partial charge in [-0.2, -0.15) is 13.2 Å². The van der Waals surface area contributed by atoms with Crippen LogP contribution in [0.3, 0.4) is 0 Å². The molecule has 2 rings (SSSR count). The summed E-state index contributed by atoms with van der Waals surface area (Å²) in [6, 6.07) is 9.16. The highest BCUT2D eigenvalue weighted by atomic mass is 35.5. The molecule has 0 spiro atoms. The molecule has 3 nitrogen and oxygen atoms in total. The highest BCUT2D eigenvalue weighted by Gasteiger charge is 2.33. The largest absolute Gasteiger partial charge is 0.506 e. The number of halogens is 4. The predicted molar refractivity (Wildman–Crippen MR) is 84.4 cm³/mol. The molecule has 3 N–H and O–H groups in total. The zero-order chi connectivity index (χ0) is 16.3. The number of benzene rings is 2. The molecule has 0 amide bonds. The third kappa shape index (κ3) is 4.02. The van der Waals surface area contributed by atoms with Crippen LogP contribution in [-0.2, 0) is 6.18 Å². The van der Waals surface area contributed by atoms with E-state index in [1.54, 1.807) is 0 Å². The van der Waals surface area contributed by atoms with Crippen LogP contribution in [0.1, 0.15) is 5.56 Å². The third-order valence-corrected chi connectivity index (χ3v) is 3.13. The van der Waals surface area contributed by atoms with Crippen molar-refractivity contribution >= 4 is 40.3 Å². The molecule has 2 aromatic rings. The maximum absolute atomic E-state index is 12.9. The van der Waals surface area contributed by atoms with Crippen LogP contribution in [0.25, 0.3) is 0 Å². The monoisotopic (exact) mass is 346 g/mol. The van der Waals surface area contributed by atoms with Gasteiger partial charge in [0, 0.05) is 5.02 Å². The van der Waals surface area contributed by atoms with E-state index in [1.807, 2.05) is 0 Å². The molecule has 0 radical (unpaired) electrons. The Kier molecular flexibility index (Phi) is 4.77. The van der Waals surface area contributed by atoms with Crippen LogP contribution in [0.5, 0.6) is 5.75 Å². The van der Waals surface area contributed by atoms with Crippen molar-refractivity contribution in [2.75, 3.05) is 10.6 Å². The Morgan fingerprint density at radius 3 is 2.36 bits per heavy atom. The van der Waals surface area contributed by atoms with E-state index in [0.717, 1.165) is 6.07 Å². The van der Waals surface area contributed by atoms with E-state index in [1.165, 1.54) is 36.4 Å². The Hall–Kier alpha value is -1.99. The first-order valence-corrected chi connectivity index (χ1v) is 6.79. The highest BCUT2D eigenvalue weighted by Crippen LogP contribution is 2.34. The lowest BCUT2D eigenvalue weighted by Gasteiger charge is -2.16. The Balaban J connectivity index is 2.18. The van der Waals surface area contributed by atoms with Gasteiger partial charge >= 0.3 is 6.18 Å². The Bertz CT molecular complexity index is 707. The van der Waals surface area contributed by atoms with Gasteiger partial charge in [0.15, 0.2) is 5.11 Å². The van der Waals surface area contributed by atoms with Crippen molar-refractivity contribution in [3.05, 3.63) is 53.1 Å². The maximum Gasteiger partial charge on any atom is 0.418 e. The lowest BCUT2D eigenvalue weighted by molar-refractivity contribution is -0.136. The minimum Gasteiger partial charge on any atom is -0.506 e. The van der Waals surface area contributed by atoms with E-state index in [0.29, 0.717) is 5.02 Å². The fraction of sp³-hybridized carbons (Fsp3) is 0.0714. The molecule has 116 valence electrons. The van der Waals surface area contributed by atoms with Crippen LogP contribution in [0.15, 0.2) is 42.5 Å². The number of rotatable bonds is 2. The fourth-order valence-corrected chi connectivity index (χ4v) is 2.12. The van der Waals surface area contributed by atoms with Crippen LogP contribution in [-0.4, -0.2) is 10.2 Å². The van der Waals surface area contributed by atoms with Crippen LogP contribution < -0.4 is 10.6 Å². The van der Waals surface area contributed by atoms with Gasteiger partial charge in [-0.05, 0) is 42.5 Å². The second-order valence-corrected chi connectivity index (χ2v) is 5.13. The first-order valence-electron chi connectivity index (χ1n) is 6.00. The highest BCUT2D eigenvalue weighted by molar-refractivity contribution is 7.80. The summed E-state index contributed by atoms with van der Waals surface area (Å²) in [6.45, 7) is 0. The second kappa shape index (κ2) is 6.41. The molecule has 0 atom stereocenters. The molecule has 0 heterocycles. The third-order valence-electron chi connectivity index (χ3n) is 2.69. The van der Waals surface area contributed by atoms with Gasteiger partial charge in [-0.1, -0.05) is 23.7 Å². The van der Waals surface area contributed by atoms with Gasteiger partial charge in [0.2, 0.25) is 0 Å². The molecular formula is C14H10ClF3N2OS. The normalized spacial score (nSPS) is 11.1. The molecule has 22 heavy (non-hydrogen) atoms. The van der Waals surface area contributed by atoms with E-state index in [-0.39, 0.29) is 22.2 Å². The van der Waals surface area contributed by atoms with Gasteiger partial charge < -0.3 is 15.7 Å². The number of alkyl halides is 3. The number of thiocarbonyl (C=S) groups is 1. The molecule has 0 aliphatic heterocycles. The lowest BCUT2D eigenvalue weighted by Crippen LogP contribution is -2.21. The topological polar surface area (TPSA) is 44.3 Å². The molecule has 0 bridgehead atoms. The smallest absolute Gasteiger partial charge is 0.418 e. The first kappa shape index (κ1) is 16.4. The molecule has 0 aliphatic rings. The molecular weight excluding hydrogens is 337 g/mol. The van der Waals surface area contributed by atoms with Gasteiger partial charge in [0.25, 0.3) is 0 Å². The van der Waals surface area contributed by atoms with Crippen molar-refractivity contribution < 1.29 is 18.3 Å². The van der Waals surface area contributed by atoms with Crippen molar-refractivity contribution in [1.82, 2.24) is 0 Å². The van der Waals surface area contributed by atoms with Crippen molar-refractivity contribution in [2.45, 2.75) is 6.18 Å². The molecule has 0 fully saturated rings. The zero-order valence-electron chi connectivity index (χ0n) is 10.9. The van der Waals surface area contributed by atoms with E-state index in [9.17, 15) is 18.3 Å². The first-order chi connectivity index (χ1) is 10.3. The van der Waals surface area contributed by atoms with E-state index >= 15 is 0 Å². The summed E-state index contributed by atoms with van der Waals surface area (Å²) in [5.41, 5.74) is -0.835. The van der Waals surface area contributed by atoms with Crippen LogP contribution in [0.4, 0.5) is 24.5 Å². The molecule has 0 unspecified atom stereocenters. The van der Waals surface area contributed by atoms with Crippen LogP contribution in [0.2, 0.25) is 5.02 Å². The summed E-state index contributed by atoms with van der Waals surface area (Å²) in [7, 11) is 0. The van der Waals surface area contributed by atoms with Crippen molar-refractivity contribution in [1.29, 1.82) is 0 Å². The van der Waals surface area contributed by atoms with Gasteiger partial charge in [-0.15, -0.1) is 0 Å². The SMILES string of the molecule is Oc1ccc(Cl)cc1NC(=S)Nc1ccccc1C(F)(F)F. The number of para-hydroxylation sites is 1. The average Bonchev–Trinajstić information content (AvgIpc) is 2.42. The average molecular weight is 347 g/mol.